The van der Waals surface area contributed by atoms with Gasteiger partial charge in [-0.2, -0.15) is 0 Å². The lowest BCUT2D eigenvalue weighted by atomic mass is 10.2. The summed E-state index contributed by atoms with van der Waals surface area (Å²) in [4.78, 5) is 24.9. The van der Waals surface area contributed by atoms with Crippen LogP contribution in [0.4, 0.5) is 0 Å². The zero-order valence-corrected chi connectivity index (χ0v) is 19.0. The molecular weight excluding hydrogens is 407 g/mol. The second kappa shape index (κ2) is 8.96. The van der Waals surface area contributed by atoms with Crippen LogP contribution in [0.5, 0.6) is 0 Å². The molecule has 0 bridgehead atoms. The number of aryl methyl sites for hydroxylation is 3. The Labute approximate surface area is 182 Å². The quantitative estimate of drug-likeness (QED) is 0.454. The molecular formula is C24H25N4O2P. The summed E-state index contributed by atoms with van der Waals surface area (Å²) in [5.74, 6) is -0.191. The number of aromatic amines is 1. The summed E-state index contributed by atoms with van der Waals surface area (Å²) in [7, 11) is 0.513. The van der Waals surface area contributed by atoms with E-state index in [0.717, 1.165) is 27.1 Å². The highest BCUT2D eigenvalue weighted by Crippen LogP contribution is 2.39. The number of H-pyrrole nitrogens is 1. The molecule has 0 spiro atoms. The minimum absolute atomic E-state index is 0.191. The van der Waals surface area contributed by atoms with Gasteiger partial charge in [-0.15, -0.1) is 0 Å². The highest BCUT2D eigenvalue weighted by atomic mass is 31.1. The number of hydrogen-bond acceptors (Lipinski definition) is 4. The van der Waals surface area contributed by atoms with Gasteiger partial charge < -0.3 is 14.8 Å². The molecule has 2 aromatic carbocycles. The minimum Gasteiger partial charge on any atom is -0.353 e. The third-order valence-electron chi connectivity index (χ3n) is 5.03. The van der Waals surface area contributed by atoms with Crippen LogP contribution in [0.1, 0.15) is 32.9 Å². The smallest absolute Gasteiger partial charge is 0.268 e. The van der Waals surface area contributed by atoms with Crippen molar-refractivity contribution in [3.63, 3.8) is 0 Å². The maximum atomic E-state index is 13.2. The van der Waals surface area contributed by atoms with Crippen LogP contribution in [0.15, 0.2) is 55.0 Å². The van der Waals surface area contributed by atoms with Crippen LogP contribution in [-0.2, 0) is 11.1 Å². The molecule has 158 valence electrons. The predicted octanol–water partition coefficient (Wildman–Crippen LogP) is 3.81. The van der Waals surface area contributed by atoms with Gasteiger partial charge in [-0.25, -0.2) is 0 Å². The lowest BCUT2D eigenvalue weighted by Gasteiger charge is -2.18. The van der Waals surface area contributed by atoms with E-state index in [1.54, 1.807) is 25.7 Å². The maximum Gasteiger partial charge on any atom is 0.268 e. The molecule has 1 unspecified atom stereocenters. The van der Waals surface area contributed by atoms with E-state index in [0.29, 0.717) is 17.9 Å². The van der Waals surface area contributed by atoms with Crippen LogP contribution in [-0.4, -0.2) is 28.0 Å². The molecule has 4 rings (SSSR count). The number of nitrogens with one attached hydrogen (secondary N) is 2. The Morgan fingerprint density at radius 3 is 2.52 bits per heavy atom. The third kappa shape index (κ3) is 4.50. The highest BCUT2D eigenvalue weighted by molar-refractivity contribution is 7.69. The average Bonchev–Trinajstić information content (AvgIpc) is 3.11. The Kier molecular flexibility index (Phi) is 6.12. The van der Waals surface area contributed by atoms with Crippen LogP contribution >= 0.6 is 8.15 Å². The van der Waals surface area contributed by atoms with E-state index in [1.807, 2.05) is 12.1 Å². The number of carbonyl (C=O) groups excluding carboxylic acids is 1. The van der Waals surface area contributed by atoms with E-state index >= 15 is 0 Å². The molecule has 0 aliphatic carbocycles. The van der Waals surface area contributed by atoms with Crippen LogP contribution in [0.3, 0.4) is 0 Å². The molecule has 1 amide bonds. The van der Waals surface area contributed by atoms with E-state index in [2.05, 4.69) is 65.3 Å². The molecule has 0 aliphatic heterocycles. The first-order valence-electron chi connectivity index (χ1n) is 10.0. The van der Waals surface area contributed by atoms with Gasteiger partial charge in [-0.1, -0.05) is 28.8 Å². The fourth-order valence-corrected chi connectivity index (χ4v) is 5.80. The molecule has 31 heavy (non-hydrogen) atoms. The average molecular weight is 432 g/mol. The number of hydrogen-bond donors (Lipinski definition) is 2. The van der Waals surface area contributed by atoms with Crippen molar-refractivity contribution in [3.05, 3.63) is 83.1 Å². The largest absolute Gasteiger partial charge is 0.353 e. The summed E-state index contributed by atoms with van der Waals surface area (Å²) >= 11 is 0. The summed E-state index contributed by atoms with van der Waals surface area (Å²) in [6, 6.07) is 12.6. The monoisotopic (exact) mass is 432 g/mol. The first-order valence-corrected chi connectivity index (χ1v) is 11.3. The van der Waals surface area contributed by atoms with Gasteiger partial charge in [0.05, 0.1) is 26.6 Å². The summed E-state index contributed by atoms with van der Waals surface area (Å²) in [5.41, 5.74) is 5.61. The first-order chi connectivity index (χ1) is 15.0. The van der Waals surface area contributed by atoms with Crippen molar-refractivity contribution in [1.29, 1.82) is 0 Å². The zero-order valence-electron chi connectivity index (χ0n) is 18.1. The predicted molar refractivity (Wildman–Crippen MR) is 125 cm³/mol. The van der Waals surface area contributed by atoms with Gasteiger partial charge in [0.15, 0.2) is 0 Å². The van der Waals surface area contributed by atoms with Gasteiger partial charge in [-0.05, 0) is 45.0 Å². The summed E-state index contributed by atoms with van der Waals surface area (Å²) in [6.45, 7) is 6.51. The van der Waals surface area contributed by atoms with Crippen LogP contribution in [0.2, 0.25) is 0 Å². The Hall–Kier alpha value is -3.08. The number of fused-ring (bicyclic) bond motifs is 1. The molecule has 7 heteroatoms. The highest BCUT2D eigenvalue weighted by Gasteiger charge is 2.27. The zero-order chi connectivity index (χ0) is 22.0. The normalized spacial score (nSPS) is 12.1. The molecule has 1 atom stereocenters. The minimum atomic E-state index is -1.19. The van der Waals surface area contributed by atoms with Crippen LogP contribution in [0, 0.1) is 20.8 Å². The molecule has 2 heterocycles. The van der Waals surface area contributed by atoms with Gasteiger partial charge >= 0.3 is 0 Å². The molecule has 4 aromatic rings. The van der Waals surface area contributed by atoms with E-state index in [1.165, 1.54) is 11.1 Å². The van der Waals surface area contributed by atoms with Gasteiger partial charge in [0.2, 0.25) is 0 Å². The molecule has 0 radical (unpaired) electrons. The van der Waals surface area contributed by atoms with Crippen molar-refractivity contribution >= 4 is 35.6 Å². The number of benzene rings is 2. The maximum absolute atomic E-state index is 13.2. The summed E-state index contributed by atoms with van der Waals surface area (Å²) in [6.07, 6.45) is 4.87. The molecule has 2 aromatic heterocycles. The summed E-state index contributed by atoms with van der Waals surface area (Å²) in [5, 5.41) is 5.96. The SMILES string of the molecule is COP(c1cc(C)cc(C)c1)c1c(C(=O)NCc2cnccn2)[nH]c2ccc(C)cc12. The van der Waals surface area contributed by atoms with Crippen LogP contribution < -0.4 is 15.9 Å². The number of rotatable bonds is 6. The molecule has 0 saturated carbocycles. The molecule has 0 fully saturated rings. The second-order valence-electron chi connectivity index (χ2n) is 7.60. The van der Waals surface area contributed by atoms with E-state index in [9.17, 15) is 4.79 Å². The number of aromatic nitrogens is 3. The Morgan fingerprint density at radius 1 is 1.06 bits per heavy atom. The Morgan fingerprint density at radius 2 is 1.84 bits per heavy atom. The van der Waals surface area contributed by atoms with Gasteiger partial charge in [-0.3, -0.25) is 14.8 Å². The van der Waals surface area contributed by atoms with Crippen molar-refractivity contribution in [2.24, 2.45) is 0 Å². The van der Waals surface area contributed by atoms with Crippen molar-refractivity contribution in [1.82, 2.24) is 20.3 Å². The Balaban J connectivity index is 1.80. The summed E-state index contributed by atoms with van der Waals surface area (Å²) < 4.78 is 6.03. The number of carbonyl (C=O) groups is 1. The van der Waals surface area contributed by atoms with Crippen molar-refractivity contribution in [2.75, 3.05) is 7.11 Å². The second-order valence-corrected chi connectivity index (χ2v) is 9.52. The molecule has 6 nitrogen and oxygen atoms in total. The van der Waals surface area contributed by atoms with E-state index < -0.39 is 8.15 Å². The fourth-order valence-electron chi connectivity index (χ4n) is 3.74. The van der Waals surface area contributed by atoms with E-state index in [4.69, 9.17) is 4.52 Å². The first kappa shape index (κ1) is 21.2. The van der Waals surface area contributed by atoms with Crippen molar-refractivity contribution < 1.29 is 9.32 Å². The molecule has 2 N–H and O–H groups in total. The van der Waals surface area contributed by atoms with Gasteiger partial charge in [0.1, 0.15) is 5.69 Å². The van der Waals surface area contributed by atoms with Gasteiger partial charge in [0, 0.05) is 41.0 Å². The van der Waals surface area contributed by atoms with Crippen molar-refractivity contribution in [2.45, 2.75) is 27.3 Å². The van der Waals surface area contributed by atoms with E-state index in [-0.39, 0.29) is 5.91 Å². The number of amides is 1. The van der Waals surface area contributed by atoms with Crippen LogP contribution in [0.25, 0.3) is 10.9 Å². The van der Waals surface area contributed by atoms with Gasteiger partial charge in [0.25, 0.3) is 5.91 Å². The molecule has 0 aliphatic rings. The topological polar surface area (TPSA) is 79.9 Å². The lowest BCUT2D eigenvalue weighted by Crippen LogP contribution is -2.29. The fraction of sp³-hybridized carbons (Fsp3) is 0.208. The lowest BCUT2D eigenvalue weighted by molar-refractivity contribution is 0.0947. The van der Waals surface area contributed by atoms with Crippen molar-refractivity contribution in [3.8, 4) is 0 Å². The molecule has 0 saturated heterocycles. The third-order valence-corrected chi connectivity index (χ3v) is 6.99. The Bertz CT molecular complexity index is 1220. The standard InChI is InChI=1S/C24H25N4O2P/c1-15-5-6-21-20(12-15)23(31(30-4)19-10-16(2)9-17(3)11-19)22(28-21)24(29)27-14-18-13-25-7-8-26-18/h5-13,28H,14H2,1-4H3,(H,27,29). The number of nitrogens with zero attached hydrogens (tertiary/aromatic N) is 2.